The number of anilines is 2. The Hall–Kier alpha value is -3.29. The van der Waals surface area contributed by atoms with E-state index in [0.29, 0.717) is 22.4 Å². The molecule has 34 heavy (non-hydrogen) atoms. The first-order valence-electron chi connectivity index (χ1n) is 10.9. The number of amides is 2. The summed E-state index contributed by atoms with van der Waals surface area (Å²) in [6, 6.07) is 19.2. The molecule has 0 N–H and O–H groups in total. The number of thiazole rings is 1. The number of carbonyl (C=O) groups is 2. The van der Waals surface area contributed by atoms with Crippen molar-refractivity contribution in [2.24, 2.45) is 5.92 Å². The lowest BCUT2D eigenvalue weighted by Gasteiger charge is -2.23. The first kappa shape index (κ1) is 22.5. The Balaban J connectivity index is 1.49. The van der Waals surface area contributed by atoms with E-state index in [2.05, 4.69) is 0 Å². The van der Waals surface area contributed by atoms with Crippen LogP contribution >= 0.6 is 22.9 Å². The molecule has 1 atom stereocenters. The highest BCUT2D eigenvalue weighted by atomic mass is 35.5. The summed E-state index contributed by atoms with van der Waals surface area (Å²) < 4.78 is 14.2. The number of rotatable bonds is 5. The van der Waals surface area contributed by atoms with E-state index < -0.39 is 5.92 Å². The molecule has 5 rings (SSSR count). The predicted molar refractivity (Wildman–Crippen MR) is 134 cm³/mol. The number of carbonyl (C=O) groups excluding carboxylic acids is 2. The summed E-state index contributed by atoms with van der Waals surface area (Å²) in [5, 5.41) is 1.14. The average molecular weight is 494 g/mol. The molecule has 0 radical (unpaired) electrons. The molecule has 4 aromatic rings. The third kappa shape index (κ3) is 4.29. The smallest absolute Gasteiger partial charge is 0.234 e. The Kier molecular flexibility index (Phi) is 6.06. The lowest BCUT2D eigenvalue weighted by atomic mass is 10.1. The quantitative estimate of drug-likeness (QED) is 0.343. The van der Waals surface area contributed by atoms with Gasteiger partial charge in [-0.2, -0.15) is 0 Å². The van der Waals surface area contributed by atoms with E-state index in [4.69, 9.17) is 16.6 Å². The molecule has 3 aromatic carbocycles. The van der Waals surface area contributed by atoms with Crippen LogP contribution in [0.2, 0.25) is 5.02 Å². The van der Waals surface area contributed by atoms with E-state index in [1.807, 2.05) is 49.4 Å². The lowest BCUT2D eigenvalue weighted by molar-refractivity contribution is -0.124. The molecule has 2 heterocycles. The molecule has 1 saturated heterocycles. The van der Waals surface area contributed by atoms with E-state index in [1.165, 1.54) is 23.5 Å². The molecular formula is C26H21ClFN3O2S. The van der Waals surface area contributed by atoms with Gasteiger partial charge < -0.3 is 4.90 Å². The molecule has 5 nitrogen and oxygen atoms in total. The fourth-order valence-electron chi connectivity index (χ4n) is 4.18. The number of aromatic nitrogens is 1. The van der Waals surface area contributed by atoms with E-state index in [9.17, 15) is 14.0 Å². The molecule has 0 bridgehead atoms. The number of benzene rings is 3. The Morgan fingerprint density at radius 2 is 1.88 bits per heavy atom. The van der Waals surface area contributed by atoms with E-state index in [0.717, 1.165) is 21.3 Å². The number of fused-ring (bicyclic) bond motifs is 1. The van der Waals surface area contributed by atoms with Crippen LogP contribution in [0.15, 0.2) is 66.7 Å². The van der Waals surface area contributed by atoms with Gasteiger partial charge in [0, 0.05) is 18.7 Å². The van der Waals surface area contributed by atoms with Crippen molar-refractivity contribution in [2.45, 2.75) is 19.9 Å². The van der Waals surface area contributed by atoms with Gasteiger partial charge in [-0.15, -0.1) is 0 Å². The SMILES string of the molecule is Cc1ccc(Cl)c2sc(N(Cc3ccccc3)C(=O)C3CC(=O)N(c4ccc(F)cc4)C3)nc12. The lowest BCUT2D eigenvalue weighted by Crippen LogP contribution is -2.37. The van der Waals surface area contributed by atoms with Gasteiger partial charge in [0.05, 0.1) is 27.7 Å². The normalized spacial score (nSPS) is 15.8. The Morgan fingerprint density at radius 1 is 1.15 bits per heavy atom. The monoisotopic (exact) mass is 493 g/mol. The minimum Gasteiger partial charge on any atom is -0.312 e. The van der Waals surface area contributed by atoms with E-state index in [1.54, 1.807) is 21.9 Å². The van der Waals surface area contributed by atoms with Crippen LogP contribution in [0.5, 0.6) is 0 Å². The maximum absolute atomic E-state index is 13.8. The van der Waals surface area contributed by atoms with Gasteiger partial charge in [0.25, 0.3) is 0 Å². The van der Waals surface area contributed by atoms with Gasteiger partial charge in [-0.1, -0.05) is 59.3 Å². The Bertz CT molecular complexity index is 1340. The van der Waals surface area contributed by atoms with Crippen molar-refractivity contribution in [2.75, 3.05) is 16.3 Å². The zero-order chi connectivity index (χ0) is 23.8. The van der Waals surface area contributed by atoms with Crippen LogP contribution in [0, 0.1) is 18.7 Å². The molecule has 2 amide bonds. The molecule has 1 aliphatic heterocycles. The molecule has 0 aliphatic carbocycles. The highest BCUT2D eigenvalue weighted by Crippen LogP contribution is 2.37. The molecule has 1 aromatic heterocycles. The summed E-state index contributed by atoms with van der Waals surface area (Å²) in [5.74, 6) is -1.24. The topological polar surface area (TPSA) is 53.5 Å². The summed E-state index contributed by atoms with van der Waals surface area (Å²) in [7, 11) is 0. The summed E-state index contributed by atoms with van der Waals surface area (Å²) in [4.78, 5) is 34.5. The number of hydrogen-bond donors (Lipinski definition) is 0. The van der Waals surface area contributed by atoms with Crippen molar-refractivity contribution in [1.29, 1.82) is 0 Å². The summed E-state index contributed by atoms with van der Waals surface area (Å²) in [6.45, 7) is 2.53. The maximum Gasteiger partial charge on any atom is 0.234 e. The number of halogens is 2. The van der Waals surface area contributed by atoms with Crippen molar-refractivity contribution in [3.63, 3.8) is 0 Å². The summed E-state index contributed by atoms with van der Waals surface area (Å²) in [5.41, 5.74) is 3.29. The van der Waals surface area contributed by atoms with Crippen LogP contribution in [-0.4, -0.2) is 23.3 Å². The number of aryl methyl sites for hydroxylation is 1. The number of nitrogens with zero attached hydrogens (tertiary/aromatic N) is 3. The summed E-state index contributed by atoms with van der Waals surface area (Å²) >= 11 is 7.79. The van der Waals surface area contributed by atoms with Crippen molar-refractivity contribution in [3.05, 3.63) is 88.7 Å². The zero-order valence-electron chi connectivity index (χ0n) is 18.4. The van der Waals surface area contributed by atoms with Crippen LogP contribution in [0.1, 0.15) is 17.5 Å². The van der Waals surface area contributed by atoms with Crippen LogP contribution in [-0.2, 0) is 16.1 Å². The first-order valence-corrected chi connectivity index (χ1v) is 12.1. The summed E-state index contributed by atoms with van der Waals surface area (Å²) in [6.07, 6.45) is 0.0895. The largest absolute Gasteiger partial charge is 0.312 e. The van der Waals surface area contributed by atoms with Crippen molar-refractivity contribution < 1.29 is 14.0 Å². The second kappa shape index (κ2) is 9.16. The molecule has 1 fully saturated rings. The third-order valence-corrected chi connectivity index (χ3v) is 7.52. The molecule has 172 valence electrons. The van der Waals surface area contributed by atoms with Gasteiger partial charge in [-0.25, -0.2) is 9.37 Å². The fraction of sp³-hybridized carbons (Fsp3) is 0.192. The highest BCUT2D eigenvalue weighted by molar-refractivity contribution is 7.23. The van der Waals surface area contributed by atoms with Crippen molar-refractivity contribution in [3.8, 4) is 0 Å². The Labute approximate surface area is 205 Å². The van der Waals surface area contributed by atoms with Gasteiger partial charge in [0.1, 0.15) is 5.82 Å². The standard InChI is InChI=1S/C26H21ClFN3O2S/c1-16-7-12-21(27)24-23(16)29-26(34-24)31(14-17-5-3-2-4-6-17)25(33)18-13-22(32)30(15-18)20-10-8-19(28)9-11-20/h2-12,18H,13-15H2,1H3. The van der Waals surface area contributed by atoms with Gasteiger partial charge in [-0.3, -0.25) is 14.5 Å². The van der Waals surface area contributed by atoms with E-state index >= 15 is 0 Å². The van der Waals surface area contributed by atoms with Crippen LogP contribution < -0.4 is 9.80 Å². The molecule has 0 spiro atoms. The molecule has 8 heteroatoms. The van der Waals surface area contributed by atoms with Crippen LogP contribution in [0.3, 0.4) is 0 Å². The van der Waals surface area contributed by atoms with Crippen molar-refractivity contribution >= 4 is 55.8 Å². The number of hydrogen-bond acceptors (Lipinski definition) is 4. The second-order valence-electron chi connectivity index (χ2n) is 8.33. The van der Waals surface area contributed by atoms with Crippen LogP contribution in [0.25, 0.3) is 10.2 Å². The van der Waals surface area contributed by atoms with E-state index in [-0.39, 0.29) is 30.6 Å². The van der Waals surface area contributed by atoms with Crippen molar-refractivity contribution in [1.82, 2.24) is 4.98 Å². The molecule has 1 aliphatic rings. The average Bonchev–Trinajstić information content (AvgIpc) is 3.46. The van der Waals surface area contributed by atoms with Gasteiger partial charge in [0.15, 0.2) is 5.13 Å². The van der Waals surface area contributed by atoms with Gasteiger partial charge >= 0.3 is 0 Å². The van der Waals surface area contributed by atoms with Crippen LogP contribution in [0.4, 0.5) is 15.2 Å². The molecule has 0 saturated carbocycles. The zero-order valence-corrected chi connectivity index (χ0v) is 19.9. The van der Waals surface area contributed by atoms with Gasteiger partial charge in [-0.05, 0) is 48.4 Å². The highest BCUT2D eigenvalue weighted by Gasteiger charge is 2.38. The maximum atomic E-state index is 13.8. The van der Waals surface area contributed by atoms with Gasteiger partial charge in [0.2, 0.25) is 11.8 Å². The fourth-order valence-corrected chi connectivity index (χ4v) is 5.50. The first-order chi connectivity index (χ1) is 16.4. The predicted octanol–water partition coefficient (Wildman–Crippen LogP) is 5.98. The minimum absolute atomic E-state index is 0.0895. The molecular weight excluding hydrogens is 473 g/mol. The Morgan fingerprint density at radius 3 is 2.59 bits per heavy atom. The second-order valence-corrected chi connectivity index (χ2v) is 9.71. The minimum atomic E-state index is -0.537. The molecule has 1 unspecified atom stereocenters. The third-order valence-electron chi connectivity index (χ3n) is 5.98.